The minimum absolute atomic E-state index is 0.262. The molecule has 0 unspecified atom stereocenters. The molecule has 0 heterocycles. The molecule has 0 saturated carbocycles. The highest BCUT2D eigenvalue weighted by atomic mass is 16.5. The molecule has 0 radical (unpaired) electrons. The number of esters is 1. The summed E-state index contributed by atoms with van der Waals surface area (Å²) in [6.07, 6.45) is -0.839. The Kier molecular flexibility index (Phi) is 5.52. The summed E-state index contributed by atoms with van der Waals surface area (Å²) < 4.78 is 5.14. The van der Waals surface area contributed by atoms with E-state index < -0.39 is 6.10 Å². The molecule has 0 aliphatic rings. The third-order valence-corrected chi connectivity index (χ3v) is 3.40. The lowest BCUT2D eigenvalue weighted by Gasteiger charge is -2.16. The Morgan fingerprint density at radius 1 is 0.913 bits per heavy atom. The first-order valence-electron chi connectivity index (χ1n) is 7.65. The number of carbonyl (C=O) groups excluding carboxylic acids is 2. The van der Waals surface area contributed by atoms with E-state index in [1.807, 2.05) is 54.6 Å². The molecule has 2 aromatic carbocycles. The van der Waals surface area contributed by atoms with Crippen molar-refractivity contribution in [2.24, 2.45) is 5.92 Å². The molecule has 0 aliphatic carbocycles. The summed E-state index contributed by atoms with van der Waals surface area (Å²) in [5, 5.41) is 2.84. The number of amides is 1. The molecule has 1 atom stereocenters. The first-order valence-corrected chi connectivity index (χ1v) is 7.65. The van der Waals surface area contributed by atoms with Crippen LogP contribution < -0.4 is 5.32 Å². The number of carbonyl (C=O) groups is 2. The van der Waals surface area contributed by atoms with Crippen LogP contribution in [-0.4, -0.2) is 18.0 Å². The van der Waals surface area contributed by atoms with E-state index in [1.54, 1.807) is 20.8 Å². The molecule has 2 aromatic rings. The molecule has 0 aromatic heterocycles. The number of benzene rings is 2. The van der Waals surface area contributed by atoms with Crippen molar-refractivity contribution >= 4 is 17.6 Å². The van der Waals surface area contributed by atoms with Crippen LogP contribution in [0.3, 0.4) is 0 Å². The summed E-state index contributed by atoms with van der Waals surface area (Å²) >= 11 is 0. The Labute approximate surface area is 136 Å². The molecule has 2 rings (SSSR count). The normalized spacial score (nSPS) is 11.8. The highest BCUT2D eigenvalue weighted by Crippen LogP contribution is 2.27. The Morgan fingerprint density at radius 2 is 1.52 bits per heavy atom. The molecule has 4 heteroatoms. The number of hydrogen-bond donors (Lipinski definition) is 1. The maximum absolute atomic E-state index is 12.3. The van der Waals surface area contributed by atoms with Crippen molar-refractivity contribution in [3.8, 4) is 11.1 Å². The minimum atomic E-state index is -0.839. The van der Waals surface area contributed by atoms with Crippen molar-refractivity contribution in [3.05, 3.63) is 54.6 Å². The molecule has 1 N–H and O–H groups in total. The van der Waals surface area contributed by atoms with E-state index in [2.05, 4.69) is 5.32 Å². The SMILES string of the molecule is CC(C)C(=O)O[C@H](C)C(=O)Nc1ccccc1-c1ccccc1. The third-order valence-electron chi connectivity index (χ3n) is 3.40. The molecular weight excluding hydrogens is 290 g/mol. The van der Waals surface area contributed by atoms with Gasteiger partial charge in [-0.25, -0.2) is 0 Å². The highest BCUT2D eigenvalue weighted by Gasteiger charge is 2.20. The molecule has 23 heavy (non-hydrogen) atoms. The van der Waals surface area contributed by atoms with Gasteiger partial charge in [0.05, 0.1) is 5.92 Å². The van der Waals surface area contributed by atoms with Gasteiger partial charge in [-0.3, -0.25) is 9.59 Å². The van der Waals surface area contributed by atoms with Gasteiger partial charge in [-0.15, -0.1) is 0 Å². The van der Waals surface area contributed by atoms with E-state index in [4.69, 9.17) is 4.74 Å². The van der Waals surface area contributed by atoms with Crippen LogP contribution in [0.4, 0.5) is 5.69 Å². The fraction of sp³-hybridized carbons (Fsp3) is 0.263. The standard InChI is InChI=1S/C19H21NO3/c1-13(2)19(22)23-14(3)18(21)20-17-12-8-7-11-16(17)15-9-5-4-6-10-15/h4-14H,1-3H3,(H,20,21)/t14-/m1/s1. The quantitative estimate of drug-likeness (QED) is 0.853. The van der Waals surface area contributed by atoms with Crippen molar-refractivity contribution in [2.75, 3.05) is 5.32 Å². The molecule has 0 saturated heterocycles. The fourth-order valence-electron chi connectivity index (χ4n) is 2.06. The smallest absolute Gasteiger partial charge is 0.309 e. The molecule has 4 nitrogen and oxygen atoms in total. The van der Waals surface area contributed by atoms with Crippen LogP contribution in [0.1, 0.15) is 20.8 Å². The Balaban J connectivity index is 2.14. The number of para-hydroxylation sites is 1. The van der Waals surface area contributed by atoms with E-state index in [9.17, 15) is 9.59 Å². The molecule has 0 fully saturated rings. The Morgan fingerprint density at radius 3 is 2.17 bits per heavy atom. The second-order valence-electron chi connectivity index (χ2n) is 5.63. The predicted octanol–water partition coefficient (Wildman–Crippen LogP) is 3.88. The van der Waals surface area contributed by atoms with Gasteiger partial charge in [0.2, 0.25) is 0 Å². The van der Waals surface area contributed by atoms with Gasteiger partial charge in [-0.1, -0.05) is 62.4 Å². The third kappa shape index (κ3) is 4.42. The van der Waals surface area contributed by atoms with Crippen LogP contribution in [0.2, 0.25) is 0 Å². The molecule has 1 amide bonds. The average Bonchev–Trinajstić information content (AvgIpc) is 2.56. The van der Waals surface area contributed by atoms with E-state index in [-0.39, 0.29) is 17.8 Å². The summed E-state index contributed by atoms with van der Waals surface area (Å²) in [4.78, 5) is 23.9. The maximum Gasteiger partial charge on any atom is 0.309 e. The van der Waals surface area contributed by atoms with Crippen molar-refractivity contribution < 1.29 is 14.3 Å². The fourth-order valence-corrected chi connectivity index (χ4v) is 2.06. The summed E-state index contributed by atoms with van der Waals surface area (Å²) in [5.74, 6) is -0.992. The van der Waals surface area contributed by atoms with E-state index in [0.29, 0.717) is 5.69 Å². The number of rotatable bonds is 5. The summed E-state index contributed by atoms with van der Waals surface area (Å²) in [5.41, 5.74) is 2.62. The van der Waals surface area contributed by atoms with E-state index >= 15 is 0 Å². The van der Waals surface area contributed by atoms with Gasteiger partial charge in [0.15, 0.2) is 6.10 Å². The van der Waals surface area contributed by atoms with Crippen LogP contribution >= 0.6 is 0 Å². The lowest BCUT2D eigenvalue weighted by Crippen LogP contribution is -2.31. The summed E-state index contributed by atoms with van der Waals surface area (Å²) in [7, 11) is 0. The minimum Gasteiger partial charge on any atom is -0.452 e. The van der Waals surface area contributed by atoms with Crippen LogP contribution in [0.5, 0.6) is 0 Å². The average molecular weight is 311 g/mol. The zero-order valence-electron chi connectivity index (χ0n) is 13.6. The lowest BCUT2D eigenvalue weighted by atomic mass is 10.0. The molecule has 0 bridgehead atoms. The number of anilines is 1. The number of hydrogen-bond acceptors (Lipinski definition) is 3. The van der Waals surface area contributed by atoms with Crippen molar-refractivity contribution in [3.63, 3.8) is 0 Å². The Bertz CT molecular complexity index is 680. The van der Waals surface area contributed by atoms with Crippen LogP contribution in [0.15, 0.2) is 54.6 Å². The van der Waals surface area contributed by atoms with Gasteiger partial charge in [-0.2, -0.15) is 0 Å². The predicted molar refractivity (Wildman–Crippen MR) is 90.9 cm³/mol. The number of nitrogens with one attached hydrogen (secondary N) is 1. The largest absolute Gasteiger partial charge is 0.452 e. The van der Waals surface area contributed by atoms with Gasteiger partial charge >= 0.3 is 5.97 Å². The van der Waals surface area contributed by atoms with Crippen molar-refractivity contribution in [2.45, 2.75) is 26.9 Å². The van der Waals surface area contributed by atoms with Crippen LogP contribution in [0, 0.1) is 5.92 Å². The molecular formula is C19H21NO3. The summed E-state index contributed by atoms with van der Waals surface area (Å²) in [6.45, 7) is 5.04. The van der Waals surface area contributed by atoms with E-state index in [0.717, 1.165) is 11.1 Å². The van der Waals surface area contributed by atoms with Crippen LogP contribution in [0.25, 0.3) is 11.1 Å². The van der Waals surface area contributed by atoms with Gasteiger partial charge < -0.3 is 10.1 Å². The van der Waals surface area contributed by atoms with Gasteiger partial charge in [0.1, 0.15) is 0 Å². The lowest BCUT2D eigenvalue weighted by molar-refractivity contribution is -0.156. The molecule has 0 spiro atoms. The van der Waals surface area contributed by atoms with Gasteiger partial charge in [-0.05, 0) is 18.6 Å². The second-order valence-corrected chi connectivity index (χ2v) is 5.63. The van der Waals surface area contributed by atoms with Gasteiger partial charge in [0, 0.05) is 11.3 Å². The number of ether oxygens (including phenoxy) is 1. The zero-order chi connectivity index (χ0) is 16.8. The van der Waals surface area contributed by atoms with E-state index in [1.165, 1.54) is 0 Å². The first kappa shape index (κ1) is 16.7. The molecule has 0 aliphatic heterocycles. The monoisotopic (exact) mass is 311 g/mol. The zero-order valence-corrected chi connectivity index (χ0v) is 13.6. The highest BCUT2D eigenvalue weighted by molar-refractivity contribution is 5.98. The maximum atomic E-state index is 12.3. The Hall–Kier alpha value is -2.62. The topological polar surface area (TPSA) is 55.4 Å². The van der Waals surface area contributed by atoms with Crippen molar-refractivity contribution in [1.29, 1.82) is 0 Å². The van der Waals surface area contributed by atoms with Crippen molar-refractivity contribution in [1.82, 2.24) is 0 Å². The second kappa shape index (κ2) is 7.58. The molecule has 120 valence electrons. The van der Waals surface area contributed by atoms with Gasteiger partial charge in [0.25, 0.3) is 5.91 Å². The van der Waals surface area contributed by atoms with Crippen LogP contribution in [-0.2, 0) is 14.3 Å². The summed E-state index contributed by atoms with van der Waals surface area (Å²) in [6, 6.07) is 17.3. The first-order chi connectivity index (χ1) is 11.0.